The van der Waals surface area contributed by atoms with Crippen LogP contribution < -0.4 is 14.8 Å². The van der Waals surface area contributed by atoms with Crippen LogP contribution in [-0.2, 0) is 6.42 Å². The number of hydrogen-bond donors (Lipinski definition) is 1. The summed E-state index contributed by atoms with van der Waals surface area (Å²) in [6, 6.07) is 1.91. The number of piperidine rings is 1. The molecule has 1 fully saturated rings. The van der Waals surface area contributed by atoms with Crippen molar-refractivity contribution in [2.24, 2.45) is 0 Å². The summed E-state index contributed by atoms with van der Waals surface area (Å²) in [6.45, 7) is 4.57. The van der Waals surface area contributed by atoms with Gasteiger partial charge in [-0.1, -0.05) is 18.5 Å². The molecule has 0 aromatic heterocycles. The van der Waals surface area contributed by atoms with Crippen LogP contribution in [0.25, 0.3) is 0 Å². The minimum absolute atomic E-state index is 0.311. The molecule has 1 unspecified atom stereocenters. The molecule has 3 rings (SSSR count). The molecule has 1 aromatic carbocycles. The molecule has 1 N–H and O–H groups in total. The number of nitrogens with one attached hydrogen (secondary N) is 1. The SMILES string of the molecule is CCc1c2c(cc(Cl)c1C1CCCNC1)OCO2. The Kier molecular flexibility index (Phi) is 3.35. The molecule has 1 atom stereocenters. The maximum atomic E-state index is 6.46. The molecule has 18 heavy (non-hydrogen) atoms. The van der Waals surface area contributed by atoms with Crippen molar-refractivity contribution in [2.75, 3.05) is 19.9 Å². The van der Waals surface area contributed by atoms with Crippen molar-refractivity contribution in [3.8, 4) is 11.5 Å². The molecule has 3 nitrogen and oxygen atoms in total. The van der Waals surface area contributed by atoms with Crippen LogP contribution in [0.2, 0.25) is 5.02 Å². The Morgan fingerprint density at radius 1 is 1.44 bits per heavy atom. The average Bonchev–Trinajstić information content (AvgIpc) is 2.85. The Morgan fingerprint density at radius 2 is 2.33 bits per heavy atom. The summed E-state index contributed by atoms with van der Waals surface area (Å²) < 4.78 is 11.0. The van der Waals surface area contributed by atoms with Gasteiger partial charge in [-0.05, 0) is 37.3 Å². The van der Waals surface area contributed by atoms with Crippen molar-refractivity contribution in [3.05, 3.63) is 22.2 Å². The smallest absolute Gasteiger partial charge is 0.231 e. The van der Waals surface area contributed by atoms with Gasteiger partial charge in [-0.25, -0.2) is 0 Å². The maximum Gasteiger partial charge on any atom is 0.231 e. The van der Waals surface area contributed by atoms with Gasteiger partial charge in [-0.3, -0.25) is 0 Å². The Hall–Kier alpha value is -0.930. The van der Waals surface area contributed by atoms with Gasteiger partial charge in [0.1, 0.15) is 0 Å². The van der Waals surface area contributed by atoms with Gasteiger partial charge in [-0.2, -0.15) is 0 Å². The summed E-state index contributed by atoms with van der Waals surface area (Å²) in [7, 11) is 0. The normalized spacial score (nSPS) is 22.2. The van der Waals surface area contributed by atoms with Crippen LogP contribution in [-0.4, -0.2) is 19.9 Å². The third-order valence-corrected chi connectivity index (χ3v) is 4.13. The van der Waals surface area contributed by atoms with Crippen LogP contribution in [0.15, 0.2) is 6.07 Å². The molecule has 2 aliphatic rings. The lowest BCUT2D eigenvalue weighted by molar-refractivity contribution is 0.173. The van der Waals surface area contributed by atoms with Crippen LogP contribution in [0.1, 0.15) is 36.8 Å². The summed E-state index contributed by atoms with van der Waals surface area (Å²) in [4.78, 5) is 0. The fourth-order valence-corrected chi connectivity index (χ4v) is 3.35. The third kappa shape index (κ3) is 1.95. The van der Waals surface area contributed by atoms with E-state index in [9.17, 15) is 0 Å². The Bertz CT molecular complexity index is 456. The molecule has 1 aromatic rings. The fraction of sp³-hybridized carbons (Fsp3) is 0.571. The lowest BCUT2D eigenvalue weighted by Crippen LogP contribution is -2.29. The fourth-order valence-electron chi connectivity index (χ4n) is 2.98. The highest BCUT2D eigenvalue weighted by Crippen LogP contribution is 2.45. The minimum atomic E-state index is 0.311. The summed E-state index contributed by atoms with van der Waals surface area (Å²) in [5.41, 5.74) is 2.49. The van der Waals surface area contributed by atoms with Gasteiger partial charge in [0, 0.05) is 23.2 Å². The molecule has 0 aliphatic carbocycles. The van der Waals surface area contributed by atoms with Crippen molar-refractivity contribution < 1.29 is 9.47 Å². The minimum Gasteiger partial charge on any atom is -0.454 e. The van der Waals surface area contributed by atoms with Crippen molar-refractivity contribution in [1.82, 2.24) is 5.32 Å². The van der Waals surface area contributed by atoms with E-state index < -0.39 is 0 Å². The lowest BCUT2D eigenvalue weighted by atomic mass is 9.87. The van der Waals surface area contributed by atoms with E-state index in [0.717, 1.165) is 36.0 Å². The average molecular weight is 268 g/mol. The molecule has 0 bridgehead atoms. The molecule has 2 heterocycles. The molecule has 0 radical (unpaired) electrons. The first kappa shape index (κ1) is 12.1. The van der Waals surface area contributed by atoms with E-state index in [-0.39, 0.29) is 0 Å². The molecule has 0 amide bonds. The van der Waals surface area contributed by atoms with Gasteiger partial charge >= 0.3 is 0 Å². The maximum absolute atomic E-state index is 6.46. The highest BCUT2D eigenvalue weighted by Gasteiger charge is 2.27. The second-order valence-electron chi connectivity index (χ2n) is 4.88. The van der Waals surface area contributed by atoms with Gasteiger partial charge in [-0.15, -0.1) is 0 Å². The first-order valence-corrected chi connectivity index (χ1v) is 7.00. The van der Waals surface area contributed by atoms with Gasteiger partial charge in [0.05, 0.1) is 0 Å². The number of ether oxygens (including phenoxy) is 2. The summed E-state index contributed by atoms with van der Waals surface area (Å²) in [5.74, 6) is 2.20. The van der Waals surface area contributed by atoms with E-state index >= 15 is 0 Å². The number of benzene rings is 1. The Labute approximate surface area is 112 Å². The van der Waals surface area contributed by atoms with Crippen LogP contribution in [0.4, 0.5) is 0 Å². The highest BCUT2D eigenvalue weighted by molar-refractivity contribution is 6.31. The molecule has 4 heteroatoms. The number of hydrogen-bond acceptors (Lipinski definition) is 3. The summed E-state index contributed by atoms with van der Waals surface area (Å²) in [5, 5.41) is 4.27. The zero-order chi connectivity index (χ0) is 12.5. The van der Waals surface area contributed by atoms with Crippen LogP contribution in [0, 0.1) is 0 Å². The predicted molar refractivity (Wildman–Crippen MR) is 71.8 cm³/mol. The van der Waals surface area contributed by atoms with Crippen LogP contribution >= 0.6 is 11.6 Å². The molecule has 98 valence electrons. The highest BCUT2D eigenvalue weighted by atomic mass is 35.5. The molecular formula is C14H18ClNO2. The van der Waals surface area contributed by atoms with E-state index in [1.165, 1.54) is 24.0 Å². The topological polar surface area (TPSA) is 30.5 Å². The number of rotatable bonds is 2. The molecule has 1 saturated heterocycles. The molecule has 0 spiro atoms. The predicted octanol–water partition coefficient (Wildman–Crippen LogP) is 3.10. The monoisotopic (exact) mass is 267 g/mol. The standard InChI is InChI=1S/C14H18ClNO2/c1-2-10-13(9-4-3-5-16-7-9)11(15)6-12-14(10)18-8-17-12/h6,9,16H,2-5,7-8H2,1H3. The molecular weight excluding hydrogens is 250 g/mol. The number of halogens is 1. The summed E-state index contributed by atoms with van der Waals surface area (Å²) in [6.07, 6.45) is 3.33. The zero-order valence-electron chi connectivity index (χ0n) is 10.6. The quantitative estimate of drug-likeness (QED) is 0.893. The van der Waals surface area contributed by atoms with Crippen molar-refractivity contribution in [2.45, 2.75) is 32.1 Å². The van der Waals surface area contributed by atoms with Crippen LogP contribution in [0.3, 0.4) is 0 Å². The molecule has 2 aliphatic heterocycles. The first-order valence-electron chi connectivity index (χ1n) is 6.62. The van der Waals surface area contributed by atoms with Crippen molar-refractivity contribution in [3.63, 3.8) is 0 Å². The second-order valence-corrected chi connectivity index (χ2v) is 5.29. The lowest BCUT2D eigenvalue weighted by Gasteiger charge is -2.26. The van der Waals surface area contributed by atoms with E-state index in [0.29, 0.717) is 12.7 Å². The van der Waals surface area contributed by atoms with Gasteiger partial charge in [0.15, 0.2) is 11.5 Å². The van der Waals surface area contributed by atoms with Crippen LogP contribution in [0.5, 0.6) is 11.5 Å². The first-order chi connectivity index (χ1) is 8.81. The van der Waals surface area contributed by atoms with Gasteiger partial charge in [0.25, 0.3) is 0 Å². The molecule has 0 saturated carbocycles. The van der Waals surface area contributed by atoms with Crippen molar-refractivity contribution in [1.29, 1.82) is 0 Å². The number of fused-ring (bicyclic) bond motifs is 1. The zero-order valence-corrected chi connectivity index (χ0v) is 11.3. The van der Waals surface area contributed by atoms with E-state index in [2.05, 4.69) is 12.2 Å². The third-order valence-electron chi connectivity index (χ3n) is 3.81. The Balaban J connectivity index is 2.06. The Morgan fingerprint density at radius 3 is 3.06 bits per heavy atom. The van der Waals surface area contributed by atoms with E-state index in [4.69, 9.17) is 21.1 Å². The summed E-state index contributed by atoms with van der Waals surface area (Å²) >= 11 is 6.46. The van der Waals surface area contributed by atoms with E-state index in [1.807, 2.05) is 6.07 Å². The largest absolute Gasteiger partial charge is 0.454 e. The second kappa shape index (κ2) is 4.98. The van der Waals surface area contributed by atoms with Gasteiger partial charge < -0.3 is 14.8 Å². The van der Waals surface area contributed by atoms with E-state index in [1.54, 1.807) is 0 Å². The van der Waals surface area contributed by atoms with Crippen molar-refractivity contribution >= 4 is 11.6 Å². The van der Waals surface area contributed by atoms with Gasteiger partial charge in [0.2, 0.25) is 6.79 Å².